The fourth-order valence-corrected chi connectivity index (χ4v) is 4.46. The topological polar surface area (TPSA) is 116 Å². The Balaban J connectivity index is 1.82. The van der Waals surface area contributed by atoms with Crippen LogP contribution in [0.1, 0.15) is 17.5 Å². The first-order chi connectivity index (χ1) is 13.9. The Morgan fingerprint density at radius 2 is 2.17 bits per heavy atom. The Hall–Kier alpha value is -2.47. The van der Waals surface area contributed by atoms with Gasteiger partial charge < -0.3 is 19.2 Å². The van der Waals surface area contributed by atoms with Gasteiger partial charge in [0.15, 0.2) is 10.8 Å². The molecule has 29 heavy (non-hydrogen) atoms. The van der Waals surface area contributed by atoms with Gasteiger partial charge in [-0.25, -0.2) is 4.79 Å². The van der Waals surface area contributed by atoms with Gasteiger partial charge in [-0.3, -0.25) is 10.1 Å². The van der Waals surface area contributed by atoms with E-state index in [1.165, 1.54) is 24.5 Å². The number of nitrogens with one attached hydrogen (secondary N) is 2. The third-order valence-corrected chi connectivity index (χ3v) is 5.95. The quantitative estimate of drug-likeness (QED) is 0.528. The van der Waals surface area contributed by atoms with Gasteiger partial charge in [-0.15, -0.1) is 21.5 Å². The molecule has 1 atom stereocenters. The molecule has 0 radical (unpaired) electrons. The summed E-state index contributed by atoms with van der Waals surface area (Å²) in [5.74, 6) is -0.879. The zero-order chi connectivity index (χ0) is 21.0. The molecule has 0 bridgehead atoms. The standard InChI is InChI=1S/C17H17ClN4O5S2/c1-8(7-25-2)19-10-6-11(27-16(24)12(10)26-3)14(23)20-17-22-21-15(29-17)13-9(18)4-5-28-13/h4-6,8,19H,7H2,1-3H3,(H,20,22,23). The van der Waals surface area contributed by atoms with Crippen LogP contribution in [0, 0.1) is 0 Å². The van der Waals surface area contributed by atoms with Gasteiger partial charge in [-0.2, -0.15) is 0 Å². The Morgan fingerprint density at radius 1 is 1.38 bits per heavy atom. The van der Waals surface area contributed by atoms with Gasteiger partial charge in [-0.1, -0.05) is 22.9 Å². The van der Waals surface area contributed by atoms with E-state index in [0.717, 1.165) is 16.2 Å². The number of carbonyl (C=O) groups excluding carboxylic acids is 1. The Morgan fingerprint density at radius 3 is 2.83 bits per heavy atom. The molecular weight excluding hydrogens is 440 g/mol. The lowest BCUT2D eigenvalue weighted by molar-refractivity contribution is 0.0991. The summed E-state index contributed by atoms with van der Waals surface area (Å²) < 4.78 is 15.2. The lowest BCUT2D eigenvalue weighted by Crippen LogP contribution is -2.23. The number of halogens is 1. The molecule has 0 aliphatic rings. The van der Waals surface area contributed by atoms with Crippen molar-refractivity contribution in [1.82, 2.24) is 10.2 Å². The zero-order valence-electron chi connectivity index (χ0n) is 15.6. The van der Waals surface area contributed by atoms with E-state index < -0.39 is 11.5 Å². The molecule has 0 aromatic carbocycles. The van der Waals surface area contributed by atoms with Crippen LogP contribution in [0.5, 0.6) is 5.75 Å². The van der Waals surface area contributed by atoms with E-state index in [1.807, 2.05) is 12.3 Å². The van der Waals surface area contributed by atoms with Crippen molar-refractivity contribution in [2.24, 2.45) is 0 Å². The second-order valence-electron chi connectivity index (χ2n) is 5.81. The van der Waals surface area contributed by atoms with E-state index >= 15 is 0 Å². The molecule has 3 aromatic rings. The third-order valence-electron chi connectivity index (χ3n) is 3.61. The van der Waals surface area contributed by atoms with Gasteiger partial charge in [0.05, 0.1) is 29.3 Å². The van der Waals surface area contributed by atoms with Crippen molar-refractivity contribution in [2.45, 2.75) is 13.0 Å². The highest BCUT2D eigenvalue weighted by Gasteiger charge is 2.20. The predicted octanol–water partition coefficient (Wildman–Crippen LogP) is 3.58. The van der Waals surface area contributed by atoms with Crippen LogP contribution in [-0.4, -0.2) is 43.0 Å². The number of rotatable bonds is 8. The van der Waals surface area contributed by atoms with E-state index in [2.05, 4.69) is 20.8 Å². The first kappa shape index (κ1) is 21.2. The van der Waals surface area contributed by atoms with Crippen LogP contribution < -0.4 is 21.0 Å². The van der Waals surface area contributed by atoms with Crippen molar-refractivity contribution in [1.29, 1.82) is 0 Å². The minimum atomic E-state index is -0.782. The first-order valence-electron chi connectivity index (χ1n) is 8.28. The average Bonchev–Trinajstić information content (AvgIpc) is 3.30. The smallest absolute Gasteiger partial charge is 0.381 e. The van der Waals surface area contributed by atoms with Crippen molar-refractivity contribution in [3.8, 4) is 15.6 Å². The molecule has 0 saturated heterocycles. The average molecular weight is 457 g/mol. The molecule has 0 spiro atoms. The third kappa shape index (κ3) is 4.93. The van der Waals surface area contributed by atoms with Crippen LogP contribution in [0.2, 0.25) is 5.02 Å². The van der Waals surface area contributed by atoms with Crippen LogP contribution in [0.3, 0.4) is 0 Å². The summed E-state index contributed by atoms with van der Waals surface area (Å²) in [5.41, 5.74) is -0.461. The summed E-state index contributed by atoms with van der Waals surface area (Å²) in [6.07, 6.45) is 0. The largest absolute Gasteiger partial charge is 0.488 e. The maximum Gasteiger partial charge on any atom is 0.381 e. The molecule has 12 heteroatoms. The van der Waals surface area contributed by atoms with E-state index in [1.54, 1.807) is 13.2 Å². The number of carbonyl (C=O) groups is 1. The fraction of sp³-hybridized carbons (Fsp3) is 0.294. The molecule has 3 aromatic heterocycles. The second-order valence-corrected chi connectivity index (χ2v) is 8.11. The number of thiophene rings is 1. The highest BCUT2D eigenvalue weighted by Crippen LogP contribution is 2.36. The zero-order valence-corrected chi connectivity index (χ0v) is 18.0. The van der Waals surface area contributed by atoms with Crippen molar-refractivity contribution in [3.63, 3.8) is 0 Å². The molecule has 9 nitrogen and oxygen atoms in total. The number of hydrogen-bond donors (Lipinski definition) is 2. The Bertz CT molecular complexity index is 1060. The summed E-state index contributed by atoms with van der Waals surface area (Å²) in [7, 11) is 2.91. The maximum atomic E-state index is 12.6. The van der Waals surface area contributed by atoms with E-state index in [0.29, 0.717) is 22.3 Å². The van der Waals surface area contributed by atoms with Crippen LogP contribution in [-0.2, 0) is 4.74 Å². The van der Waals surface area contributed by atoms with Gasteiger partial charge >= 0.3 is 5.63 Å². The van der Waals surface area contributed by atoms with Crippen molar-refractivity contribution >= 4 is 51.0 Å². The van der Waals surface area contributed by atoms with Gasteiger partial charge in [0.25, 0.3) is 5.91 Å². The number of nitrogens with zero attached hydrogens (tertiary/aromatic N) is 2. The Kier molecular flexibility index (Phi) is 6.85. The number of methoxy groups -OCH3 is 2. The number of anilines is 2. The molecule has 0 fully saturated rings. The van der Waals surface area contributed by atoms with E-state index in [-0.39, 0.29) is 22.7 Å². The molecule has 0 aliphatic heterocycles. The predicted molar refractivity (Wildman–Crippen MR) is 113 cm³/mol. The molecular formula is C17H17ClN4O5S2. The minimum absolute atomic E-state index is 0.0324. The highest BCUT2D eigenvalue weighted by atomic mass is 35.5. The Labute approximate surface area is 178 Å². The minimum Gasteiger partial charge on any atom is -0.488 e. The molecule has 3 rings (SSSR count). The summed E-state index contributed by atoms with van der Waals surface area (Å²) in [6.45, 7) is 2.25. The van der Waals surface area contributed by atoms with Crippen LogP contribution in [0.15, 0.2) is 26.7 Å². The lowest BCUT2D eigenvalue weighted by atomic mass is 10.2. The summed E-state index contributed by atoms with van der Waals surface area (Å²) in [4.78, 5) is 25.5. The van der Waals surface area contributed by atoms with E-state index in [4.69, 9.17) is 25.5 Å². The first-order valence-corrected chi connectivity index (χ1v) is 10.4. The summed E-state index contributed by atoms with van der Waals surface area (Å²) in [5, 5.41) is 16.8. The molecule has 3 heterocycles. The van der Waals surface area contributed by atoms with Gasteiger partial charge in [0, 0.05) is 19.2 Å². The van der Waals surface area contributed by atoms with Gasteiger partial charge in [-0.05, 0) is 18.4 Å². The van der Waals surface area contributed by atoms with Gasteiger partial charge in [0.1, 0.15) is 0 Å². The number of ether oxygens (including phenoxy) is 2. The monoisotopic (exact) mass is 456 g/mol. The summed E-state index contributed by atoms with van der Waals surface area (Å²) >= 11 is 8.67. The number of aromatic nitrogens is 2. The number of amides is 1. The van der Waals surface area contributed by atoms with Crippen LogP contribution in [0.4, 0.5) is 10.8 Å². The highest BCUT2D eigenvalue weighted by molar-refractivity contribution is 7.23. The molecule has 154 valence electrons. The SMILES string of the molecule is COCC(C)Nc1cc(C(=O)Nc2nnc(-c3sccc3Cl)s2)oc(=O)c1OC. The maximum absolute atomic E-state index is 12.6. The van der Waals surface area contributed by atoms with Crippen LogP contribution in [0.25, 0.3) is 9.88 Å². The normalized spacial score (nSPS) is 11.9. The number of hydrogen-bond acceptors (Lipinski definition) is 10. The molecule has 0 saturated carbocycles. The van der Waals surface area contributed by atoms with Crippen LogP contribution >= 0.6 is 34.3 Å². The molecule has 2 N–H and O–H groups in total. The molecule has 1 unspecified atom stereocenters. The fourth-order valence-electron chi connectivity index (χ4n) is 2.42. The van der Waals surface area contributed by atoms with Crippen molar-refractivity contribution in [3.05, 3.63) is 38.7 Å². The van der Waals surface area contributed by atoms with E-state index in [9.17, 15) is 9.59 Å². The molecule has 0 aliphatic carbocycles. The van der Waals surface area contributed by atoms with Crippen molar-refractivity contribution in [2.75, 3.05) is 31.5 Å². The molecule has 1 amide bonds. The summed E-state index contributed by atoms with van der Waals surface area (Å²) in [6, 6.07) is 3.01. The lowest BCUT2D eigenvalue weighted by Gasteiger charge is -2.16. The van der Waals surface area contributed by atoms with Crippen molar-refractivity contribution < 1.29 is 18.7 Å². The van der Waals surface area contributed by atoms with Gasteiger partial charge in [0.2, 0.25) is 10.9 Å². The second kappa shape index (κ2) is 9.35.